The van der Waals surface area contributed by atoms with Crippen molar-refractivity contribution in [3.8, 4) is 0 Å². The second-order valence-electron chi connectivity index (χ2n) is 3.13. The first kappa shape index (κ1) is 13.7. The van der Waals surface area contributed by atoms with E-state index in [4.69, 9.17) is 0 Å². The second kappa shape index (κ2) is 5.82. The van der Waals surface area contributed by atoms with Crippen LogP contribution in [0.4, 0.5) is 18.9 Å². The van der Waals surface area contributed by atoms with E-state index < -0.39 is 5.51 Å². The molecule has 0 bridgehead atoms. The van der Waals surface area contributed by atoms with Crippen LogP contribution in [0, 0.1) is 6.92 Å². The number of benzene rings is 1. The molecule has 0 spiro atoms. The normalized spacial score (nSPS) is 11.6. The zero-order valence-corrected chi connectivity index (χ0v) is 11.0. The topological polar surface area (TPSA) is 12.0 Å². The third-order valence-corrected chi connectivity index (χ3v) is 3.55. The summed E-state index contributed by atoms with van der Waals surface area (Å²) in [5.41, 5.74) is -2.29. The molecular weight excluding hydrogens is 303 g/mol. The summed E-state index contributed by atoms with van der Waals surface area (Å²) >= 11 is 3.35. The van der Waals surface area contributed by atoms with Gasteiger partial charge in [0, 0.05) is 22.5 Å². The maximum atomic E-state index is 11.9. The van der Waals surface area contributed by atoms with Gasteiger partial charge in [0.25, 0.3) is 0 Å². The largest absolute Gasteiger partial charge is 0.441 e. The van der Waals surface area contributed by atoms with Crippen LogP contribution in [0.5, 0.6) is 0 Å². The molecule has 0 aliphatic heterocycles. The van der Waals surface area contributed by atoms with Crippen molar-refractivity contribution in [2.75, 3.05) is 17.6 Å². The van der Waals surface area contributed by atoms with Gasteiger partial charge in [-0.15, -0.1) is 0 Å². The molecule has 0 heterocycles. The predicted molar refractivity (Wildman–Crippen MR) is 65.9 cm³/mol. The first-order valence-electron chi connectivity index (χ1n) is 4.60. The molecule has 0 saturated carbocycles. The Labute approximate surface area is 105 Å². The zero-order chi connectivity index (χ0) is 12.2. The van der Waals surface area contributed by atoms with E-state index in [2.05, 4.69) is 21.2 Å². The van der Waals surface area contributed by atoms with Crippen molar-refractivity contribution >= 4 is 33.4 Å². The van der Waals surface area contributed by atoms with Crippen LogP contribution in [0.15, 0.2) is 22.7 Å². The molecule has 1 aromatic rings. The summed E-state index contributed by atoms with van der Waals surface area (Å²) in [4.78, 5) is 0. The molecule has 0 fully saturated rings. The molecule has 0 aromatic heterocycles. The lowest BCUT2D eigenvalue weighted by atomic mass is 10.2. The second-order valence-corrected chi connectivity index (χ2v) is 5.15. The number of alkyl halides is 3. The van der Waals surface area contributed by atoms with Crippen molar-refractivity contribution in [1.29, 1.82) is 0 Å². The standard InChI is InChI=1S/C10H11BrF3NS/c1-7-8(11)3-2-4-9(7)15-5-6-16-10(12,13)14/h2-4,15H,5-6H2,1H3. The van der Waals surface area contributed by atoms with Crippen LogP contribution in [0.1, 0.15) is 5.56 Å². The maximum Gasteiger partial charge on any atom is 0.441 e. The third-order valence-electron chi connectivity index (χ3n) is 1.95. The lowest BCUT2D eigenvalue weighted by molar-refractivity contribution is -0.0327. The Balaban J connectivity index is 2.41. The molecular formula is C10H11BrF3NS. The van der Waals surface area contributed by atoms with Gasteiger partial charge >= 0.3 is 5.51 Å². The summed E-state index contributed by atoms with van der Waals surface area (Å²) in [5, 5.41) is 2.98. The van der Waals surface area contributed by atoms with Crippen LogP contribution in [0.25, 0.3) is 0 Å². The van der Waals surface area contributed by atoms with Gasteiger partial charge in [0.1, 0.15) is 0 Å². The van der Waals surface area contributed by atoms with E-state index in [-0.39, 0.29) is 17.5 Å². The number of rotatable bonds is 4. The lowest BCUT2D eigenvalue weighted by Gasteiger charge is -2.11. The minimum atomic E-state index is -4.14. The highest BCUT2D eigenvalue weighted by atomic mass is 79.9. The Hall–Kier alpha value is -0.360. The van der Waals surface area contributed by atoms with E-state index in [0.29, 0.717) is 6.54 Å². The number of thioether (sulfide) groups is 1. The molecule has 1 aromatic carbocycles. The predicted octanol–water partition coefficient (Wildman–Crippen LogP) is 4.42. The van der Waals surface area contributed by atoms with Gasteiger partial charge in [-0.05, 0) is 36.4 Å². The van der Waals surface area contributed by atoms with Gasteiger partial charge < -0.3 is 5.32 Å². The van der Waals surface area contributed by atoms with Gasteiger partial charge in [-0.2, -0.15) is 13.2 Å². The Bertz CT molecular complexity index is 354. The Morgan fingerprint density at radius 3 is 2.69 bits per heavy atom. The molecule has 16 heavy (non-hydrogen) atoms. The van der Waals surface area contributed by atoms with Crippen molar-refractivity contribution in [2.45, 2.75) is 12.4 Å². The van der Waals surface area contributed by atoms with E-state index in [1.165, 1.54) is 0 Å². The Kier molecular flexibility index (Phi) is 4.98. The van der Waals surface area contributed by atoms with E-state index >= 15 is 0 Å². The summed E-state index contributed by atoms with van der Waals surface area (Å²) in [5.74, 6) is 0.00938. The first-order valence-corrected chi connectivity index (χ1v) is 6.37. The van der Waals surface area contributed by atoms with E-state index in [1.54, 1.807) is 0 Å². The summed E-state index contributed by atoms with van der Waals surface area (Å²) < 4.78 is 36.5. The van der Waals surface area contributed by atoms with Gasteiger partial charge in [-0.1, -0.05) is 22.0 Å². The lowest BCUT2D eigenvalue weighted by Crippen LogP contribution is -2.10. The molecule has 0 amide bonds. The highest BCUT2D eigenvalue weighted by molar-refractivity contribution is 9.10. The molecule has 0 unspecified atom stereocenters. The quantitative estimate of drug-likeness (QED) is 0.826. The van der Waals surface area contributed by atoms with Crippen LogP contribution in [-0.2, 0) is 0 Å². The molecule has 6 heteroatoms. The van der Waals surface area contributed by atoms with Crippen LogP contribution >= 0.6 is 27.7 Å². The number of nitrogens with one attached hydrogen (secondary N) is 1. The van der Waals surface area contributed by atoms with Gasteiger partial charge in [0.2, 0.25) is 0 Å². The zero-order valence-electron chi connectivity index (χ0n) is 8.57. The van der Waals surface area contributed by atoms with Crippen LogP contribution in [0.2, 0.25) is 0 Å². The van der Waals surface area contributed by atoms with Crippen LogP contribution in [0.3, 0.4) is 0 Å². The number of halogens is 4. The SMILES string of the molecule is Cc1c(Br)cccc1NCCSC(F)(F)F. The monoisotopic (exact) mass is 313 g/mol. The number of hydrogen-bond acceptors (Lipinski definition) is 2. The third kappa shape index (κ3) is 4.65. The minimum Gasteiger partial charge on any atom is -0.384 e. The first-order chi connectivity index (χ1) is 7.40. The van der Waals surface area contributed by atoms with Gasteiger partial charge in [0.05, 0.1) is 0 Å². The van der Waals surface area contributed by atoms with Crippen LogP contribution < -0.4 is 5.32 Å². The highest BCUT2D eigenvalue weighted by Crippen LogP contribution is 2.30. The van der Waals surface area contributed by atoms with E-state index in [9.17, 15) is 13.2 Å². The fraction of sp³-hybridized carbons (Fsp3) is 0.400. The molecule has 0 saturated heterocycles. The van der Waals surface area contributed by atoms with Crippen molar-refractivity contribution in [2.24, 2.45) is 0 Å². The van der Waals surface area contributed by atoms with Gasteiger partial charge in [-0.25, -0.2) is 0 Å². The van der Waals surface area contributed by atoms with Crippen molar-refractivity contribution in [3.05, 3.63) is 28.2 Å². The maximum absolute atomic E-state index is 11.9. The fourth-order valence-electron chi connectivity index (χ4n) is 1.15. The molecule has 0 aliphatic carbocycles. The molecule has 1 N–H and O–H groups in total. The van der Waals surface area contributed by atoms with Crippen molar-refractivity contribution < 1.29 is 13.2 Å². The summed E-state index contributed by atoms with van der Waals surface area (Å²) in [6.45, 7) is 2.20. The average molecular weight is 314 g/mol. The van der Waals surface area contributed by atoms with E-state index in [0.717, 1.165) is 15.7 Å². The minimum absolute atomic E-state index is 0.00938. The van der Waals surface area contributed by atoms with Gasteiger partial charge in [-0.3, -0.25) is 0 Å². The summed E-state index contributed by atoms with van der Waals surface area (Å²) in [7, 11) is 0. The number of anilines is 1. The highest BCUT2D eigenvalue weighted by Gasteiger charge is 2.27. The molecule has 0 radical (unpaired) electrons. The Morgan fingerprint density at radius 1 is 1.38 bits per heavy atom. The van der Waals surface area contributed by atoms with E-state index in [1.807, 2.05) is 25.1 Å². The molecule has 0 aliphatic rings. The number of hydrogen-bond donors (Lipinski definition) is 1. The average Bonchev–Trinajstić information content (AvgIpc) is 2.17. The molecule has 90 valence electrons. The smallest absolute Gasteiger partial charge is 0.384 e. The van der Waals surface area contributed by atoms with Crippen LogP contribution in [-0.4, -0.2) is 17.8 Å². The fourth-order valence-corrected chi connectivity index (χ4v) is 1.95. The Morgan fingerprint density at radius 2 is 2.06 bits per heavy atom. The molecule has 1 nitrogen and oxygen atoms in total. The van der Waals surface area contributed by atoms with Crippen molar-refractivity contribution in [3.63, 3.8) is 0 Å². The summed E-state index contributed by atoms with van der Waals surface area (Å²) in [6, 6.07) is 5.58. The van der Waals surface area contributed by atoms with Crippen molar-refractivity contribution in [1.82, 2.24) is 0 Å². The molecule has 1 rings (SSSR count). The molecule has 0 atom stereocenters. The van der Waals surface area contributed by atoms with Gasteiger partial charge in [0.15, 0.2) is 0 Å². The summed E-state index contributed by atoms with van der Waals surface area (Å²) in [6.07, 6.45) is 0.